The molecule has 5 rings (SSSR count). The second-order valence-electron chi connectivity index (χ2n) is 10.9. The molecule has 0 saturated carbocycles. The summed E-state index contributed by atoms with van der Waals surface area (Å²) < 4.78 is 0. The van der Waals surface area contributed by atoms with Gasteiger partial charge in [-0.1, -0.05) is 48.5 Å². The number of benzene rings is 3. The van der Waals surface area contributed by atoms with Crippen LogP contribution in [0.25, 0.3) is 0 Å². The van der Waals surface area contributed by atoms with Crippen molar-refractivity contribution in [3.63, 3.8) is 0 Å². The number of carbonyl (C=O) groups excluding carboxylic acids is 2. The lowest BCUT2D eigenvalue weighted by molar-refractivity contribution is -0.114. The first-order chi connectivity index (χ1) is 21.2. The number of aryl methyl sites for hydroxylation is 2. The van der Waals surface area contributed by atoms with Crippen LogP contribution in [-0.2, 0) is 11.2 Å². The lowest BCUT2D eigenvalue weighted by atomic mass is 10.0. The minimum absolute atomic E-state index is 0.115. The van der Waals surface area contributed by atoms with E-state index in [0.717, 1.165) is 54.2 Å². The molecule has 1 aliphatic rings. The topological polar surface area (TPSA) is 102 Å². The molecule has 1 amide bonds. The summed E-state index contributed by atoms with van der Waals surface area (Å²) in [6, 6.07) is 19.2. The first-order valence-corrected chi connectivity index (χ1v) is 14.8. The summed E-state index contributed by atoms with van der Waals surface area (Å²) in [4.78, 5) is 39.8. The minimum atomic E-state index is -0.427. The van der Waals surface area contributed by atoms with E-state index < -0.39 is 5.91 Å². The number of aromatic nitrogens is 2. The van der Waals surface area contributed by atoms with Crippen LogP contribution in [0.2, 0.25) is 5.02 Å². The van der Waals surface area contributed by atoms with Gasteiger partial charge in [0.2, 0.25) is 5.95 Å². The van der Waals surface area contributed by atoms with Gasteiger partial charge in [0.25, 0.3) is 5.91 Å². The SMILES string of the molecule is C=CC(=O)Cc1cccc(C)c1Nc1nc(Nc2ccc(N3CCN(C)CC3)cc2)ncc1C(=O)Nc1c(C)cccc1Cl. The Morgan fingerprint density at radius 1 is 0.932 bits per heavy atom. The number of anilines is 6. The Hall–Kier alpha value is -4.73. The summed E-state index contributed by atoms with van der Waals surface area (Å²) in [6.07, 6.45) is 2.94. The molecule has 1 saturated heterocycles. The van der Waals surface area contributed by atoms with Gasteiger partial charge in [-0.3, -0.25) is 9.59 Å². The summed E-state index contributed by atoms with van der Waals surface area (Å²) in [6.45, 7) is 11.4. The smallest absolute Gasteiger partial charge is 0.261 e. The highest BCUT2D eigenvalue weighted by Gasteiger charge is 2.20. The predicted molar refractivity (Wildman–Crippen MR) is 179 cm³/mol. The lowest BCUT2D eigenvalue weighted by Crippen LogP contribution is -2.44. The van der Waals surface area contributed by atoms with Crippen LogP contribution in [0, 0.1) is 13.8 Å². The molecule has 4 aromatic rings. The largest absolute Gasteiger partial charge is 0.369 e. The van der Waals surface area contributed by atoms with E-state index in [-0.39, 0.29) is 23.6 Å². The van der Waals surface area contributed by atoms with Crippen molar-refractivity contribution in [2.24, 2.45) is 0 Å². The average molecular weight is 610 g/mol. The van der Waals surface area contributed by atoms with Gasteiger partial charge in [-0.15, -0.1) is 0 Å². The summed E-state index contributed by atoms with van der Waals surface area (Å²) in [7, 11) is 2.14. The van der Waals surface area contributed by atoms with Crippen LogP contribution in [0.4, 0.5) is 34.5 Å². The van der Waals surface area contributed by atoms with Gasteiger partial charge in [0.05, 0.1) is 10.7 Å². The van der Waals surface area contributed by atoms with Crippen molar-refractivity contribution in [1.29, 1.82) is 0 Å². The molecule has 0 radical (unpaired) electrons. The van der Waals surface area contributed by atoms with E-state index in [1.165, 1.54) is 12.3 Å². The van der Waals surface area contributed by atoms with Crippen molar-refractivity contribution in [3.8, 4) is 0 Å². The monoisotopic (exact) mass is 609 g/mol. The molecule has 0 bridgehead atoms. The Bertz CT molecular complexity index is 1660. The van der Waals surface area contributed by atoms with E-state index in [2.05, 4.69) is 56.5 Å². The van der Waals surface area contributed by atoms with Crippen molar-refractivity contribution in [2.75, 3.05) is 54.1 Å². The van der Waals surface area contributed by atoms with Gasteiger partial charge in [-0.2, -0.15) is 4.98 Å². The number of piperazine rings is 1. The number of nitrogens with one attached hydrogen (secondary N) is 3. The molecule has 0 unspecified atom stereocenters. The van der Waals surface area contributed by atoms with Gasteiger partial charge in [0.15, 0.2) is 5.78 Å². The molecule has 2 heterocycles. The molecule has 1 aromatic heterocycles. The molecule has 1 fully saturated rings. The van der Waals surface area contributed by atoms with Gasteiger partial charge in [-0.05, 0) is 74.0 Å². The number of nitrogens with zero attached hydrogens (tertiary/aromatic N) is 4. The summed E-state index contributed by atoms with van der Waals surface area (Å²) in [5, 5.41) is 9.94. The van der Waals surface area contributed by atoms with Crippen molar-refractivity contribution >= 4 is 57.8 Å². The second-order valence-corrected chi connectivity index (χ2v) is 11.3. The van der Waals surface area contributed by atoms with Crippen LogP contribution in [0.5, 0.6) is 0 Å². The zero-order valence-corrected chi connectivity index (χ0v) is 25.9. The number of halogens is 1. The molecule has 0 atom stereocenters. The normalized spacial score (nSPS) is 13.3. The fourth-order valence-corrected chi connectivity index (χ4v) is 5.33. The lowest BCUT2D eigenvalue weighted by Gasteiger charge is -2.34. The van der Waals surface area contributed by atoms with Crippen molar-refractivity contribution in [2.45, 2.75) is 20.3 Å². The van der Waals surface area contributed by atoms with Gasteiger partial charge >= 0.3 is 0 Å². The molecule has 10 heteroatoms. The van der Waals surface area contributed by atoms with Crippen LogP contribution in [0.15, 0.2) is 79.5 Å². The van der Waals surface area contributed by atoms with Crippen LogP contribution >= 0.6 is 11.6 Å². The number of amides is 1. The Kier molecular flexibility index (Phi) is 9.57. The Labute approximate surface area is 263 Å². The van der Waals surface area contributed by atoms with Crippen molar-refractivity contribution in [3.05, 3.63) is 107 Å². The van der Waals surface area contributed by atoms with E-state index in [0.29, 0.717) is 22.3 Å². The molecule has 1 aliphatic heterocycles. The third-order valence-electron chi connectivity index (χ3n) is 7.68. The van der Waals surface area contributed by atoms with Gasteiger partial charge in [-0.25, -0.2) is 4.98 Å². The molecule has 44 heavy (non-hydrogen) atoms. The average Bonchev–Trinajstić information content (AvgIpc) is 3.01. The molecule has 0 spiro atoms. The molecular formula is C34H36ClN7O2. The Morgan fingerprint density at radius 2 is 1.61 bits per heavy atom. The first kappa shape index (κ1) is 30.7. The number of carbonyl (C=O) groups is 2. The number of hydrogen-bond acceptors (Lipinski definition) is 8. The quantitative estimate of drug-likeness (QED) is 0.174. The number of hydrogen-bond donors (Lipinski definition) is 3. The van der Waals surface area contributed by atoms with Crippen LogP contribution in [0.1, 0.15) is 27.0 Å². The van der Waals surface area contributed by atoms with Crippen LogP contribution in [-0.4, -0.2) is 59.8 Å². The van der Waals surface area contributed by atoms with Gasteiger partial charge in [0, 0.05) is 55.9 Å². The van der Waals surface area contributed by atoms with E-state index in [1.807, 2.05) is 56.3 Å². The number of rotatable bonds is 10. The maximum absolute atomic E-state index is 13.6. The van der Waals surface area contributed by atoms with Gasteiger partial charge in [0.1, 0.15) is 11.4 Å². The Balaban J connectivity index is 1.46. The number of likely N-dealkylation sites (N-methyl/N-ethyl adjacent to an activating group) is 1. The first-order valence-electron chi connectivity index (χ1n) is 14.5. The number of allylic oxidation sites excluding steroid dienone is 1. The highest BCUT2D eigenvalue weighted by atomic mass is 35.5. The zero-order chi connectivity index (χ0) is 31.2. The minimum Gasteiger partial charge on any atom is -0.369 e. The zero-order valence-electron chi connectivity index (χ0n) is 25.2. The maximum Gasteiger partial charge on any atom is 0.261 e. The second kappa shape index (κ2) is 13.7. The van der Waals surface area contributed by atoms with Crippen molar-refractivity contribution in [1.82, 2.24) is 14.9 Å². The molecular weight excluding hydrogens is 574 g/mol. The maximum atomic E-state index is 13.6. The number of ketones is 1. The summed E-state index contributed by atoms with van der Waals surface area (Å²) in [5.41, 5.74) is 5.86. The van der Waals surface area contributed by atoms with E-state index in [4.69, 9.17) is 16.6 Å². The molecule has 3 N–H and O–H groups in total. The molecule has 226 valence electrons. The fraction of sp³-hybridized carbons (Fsp3) is 0.235. The third kappa shape index (κ3) is 7.24. The van der Waals surface area contributed by atoms with Gasteiger partial charge < -0.3 is 25.8 Å². The van der Waals surface area contributed by atoms with E-state index in [1.54, 1.807) is 6.07 Å². The fourth-order valence-electron chi connectivity index (χ4n) is 5.06. The highest BCUT2D eigenvalue weighted by Crippen LogP contribution is 2.30. The Morgan fingerprint density at radius 3 is 2.30 bits per heavy atom. The van der Waals surface area contributed by atoms with Crippen LogP contribution in [0.3, 0.4) is 0 Å². The highest BCUT2D eigenvalue weighted by molar-refractivity contribution is 6.34. The molecule has 9 nitrogen and oxygen atoms in total. The molecule has 3 aromatic carbocycles. The predicted octanol–water partition coefficient (Wildman–Crippen LogP) is 6.54. The summed E-state index contributed by atoms with van der Waals surface area (Å²) in [5.74, 6) is 0.0444. The number of para-hydroxylation sites is 2. The van der Waals surface area contributed by atoms with Crippen molar-refractivity contribution < 1.29 is 9.59 Å². The molecule has 0 aliphatic carbocycles. The van der Waals surface area contributed by atoms with E-state index >= 15 is 0 Å². The van der Waals surface area contributed by atoms with E-state index in [9.17, 15) is 9.59 Å². The summed E-state index contributed by atoms with van der Waals surface area (Å²) >= 11 is 6.40. The van der Waals surface area contributed by atoms with Crippen LogP contribution < -0.4 is 20.9 Å². The standard InChI is InChI=1S/C34H36ClN7O2/c1-5-27(43)20-24-10-6-8-22(2)30(24)38-32-28(33(44)39-31-23(3)9-7-11-29(31)35)21-36-34(40-32)37-25-12-14-26(15-13-25)42-18-16-41(4)17-19-42/h5-15,21H,1,16-20H2,2-4H3,(H,39,44)(H2,36,37,38,40). The third-order valence-corrected chi connectivity index (χ3v) is 8.00.